The molecule has 5 aromatic rings. The summed E-state index contributed by atoms with van der Waals surface area (Å²) in [6.07, 6.45) is 6.53. The number of hydrogen-bond donors (Lipinski definition) is 0. The number of aromatic nitrogens is 5. The highest BCUT2D eigenvalue weighted by Crippen LogP contribution is 2.36. The van der Waals surface area contributed by atoms with Crippen LogP contribution < -0.4 is 14.4 Å². The Labute approximate surface area is 244 Å². The van der Waals surface area contributed by atoms with E-state index in [1.807, 2.05) is 60.1 Å². The largest absolute Gasteiger partial charge is 0.497 e. The fraction of sp³-hybridized carbons (Fsp3) is 0.290. The van der Waals surface area contributed by atoms with E-state index in [0.717, 1.165) is 50.5 Å². The number of hydrogen-bond acceptors (Lipinski definition) is 9. The van der Waals surface area contributed by atoms with Crippen LogP contribution in [0.4, 0.5) is 5.69 Å². The first kappa shape index (κ1) is 27.6. The van der Waals surface area contributed by atoms with Crippen molar-refractivity contribution >= 4 is 26.4 Å². The summed E-state index contributed by atoms with van der Waals surface area (Å²) in [5, 5.41) is 5.65. The standard InChI is InChI=1S/C31H32N6O4S/c1-19-25-16-33-37(29(25)14-28(34-19)26-15-32-11-10-30(26)41-4)31-13-23(36-17-22(20(36)2)18-42(5,38)39)12-27(35-31)21-6-8-24(40-3)9-7-21/h6-16,20,22H,17-18H2,1-5H3/t20-,22-/m1/s1. The van der Waals surface area contributed by atoms with Crippen LogP contribution in [0.3, 0.4) is 0 Å². The van der Waals surface area contributed by atoms with Crippen LogP contribution in [0.25, 0.3) is 39.2 Å². The molecule has 1 aromatic carbocycles. The molecule has 2 atom stereocenters. The maximum absolute atomic E-state index is 12.0. The van der Waals surface area contributed by atoms with Gasteiger partial charge in [0.15, 0.2) is 5.82 Å². The predicted octanol–water partition coefficient (Wildman–Crippen LogP) is 4.74. The molecule has 0 bridgehead atoms. The number of aryl methyl sites for hydroxylation is 1. The van der Waals surface area contributed by atoms with E-state index in [1.54, 1.807) is 32.8 Å². The molecule has 0 radical (unpaired) electrons. The molecule has 1 fully saturated rings. The van der Waals surface area contributed by atoms with Gasteiger partial charge in [-0.15, -0.1) is 0 Å². The number of methoxy groups -OCH3 is 2. The third kappa shape index (κ3) is 5.16. The number of pyridine rings is 3. The number of sulfone groups is 1. The Hall–Kier alpha value is -4.51. The molecule has 4 aromatic heterocycles. The topological polar surface area (TPSA) is 112 Å². The van der Waals surface area contributed by atoms with Gasteiger partial charge in [-0.2, -0.15) is 5.10 Å². The zero-order valence-electron chi connectivity index (χ0n) is 24.1. The van der Waals surface area contributed by atoms with E-state index in [2.05, 4.69) is 16.8 Å². The monoisotopic (exact) mass is 584 g/mol. The second-order valence-electron chi connectivity index (χ2n) is 10.7. The van der Waals surface area contributed by atoms with Crippen LogP contribution in [0.5, 0.6) is 11.5 Å². The van der Waals surface area contributed by atoms with E-state index in [4.69, 9.17) is 24.5 Å². The minimum atomic E-state index is -3.07. The first-order chi connectivity index (χ1) is 20.1. The molecule has 0 unspecified atom stereocenters. The number of fused-ring (bicyclic) bond motifs is 1. The molecule has 0 N–H and O–H groups in total. The first-order valence-electron chi connectivity index (χ1n) is 13.6. The first-order valence-corrected chi connectivity index (χ1v) is 15.7. The highest BCUT2D eigenvalue weighted by Gasteiger charge is 2.38. The molecule has 1 saturated heterocycles. The molecule has 0 aliphatic carbocycles. The number of ether oxygens (including phenoxy) is 2. The van der Waals surface area contributed by atoms with Gasteiger partial charge in [-0.1, -0.05) is 0 Å². The Morgan fingerprint density at radius 1 is 0.976 bits per heavy atom. The molecular formula is C31H32N6O4S. The van der Waals surface area contributed by atoms with Gasteiger partial charge in [0.25, 0.3) is 0 Å². The molecule has 5 heterocycles. The van der Waals surface area contributed by atoms with Crippen LogP contribution in [-0.2, 0) is 9.84 Å². The van der Waals surface area contributed by atoms with Gasteiger partial charge in [0.1, 0.15) is 21.3 Å². The normalized spacial score (nSPS) is 16.8. The lowest BCUT2D eigenvalue weighted by molar-refractivity contribution is 0.341. The molecular weight excluding hydrogens is 552 g/mol. The Kier molecular flexibility index (Phi) is 7.05. The molecule has 1 aliphatic rings. The zero-order valence-corrected chi connectivity index (χ0v) is 25.0. The van der Waals surface area contributed by atoms with Gasteiger partial charge >= 0.3 is 0 Å². The van der Waals surface area contributed by atoms with Gasteiger partial charge in [0, 0.05) is 65.6 Å². The average molecular weight is 585 g/mol. The summed E-state index contributed by atoms with van der Waals surface area (Å²) in [6, 6.07) is 15.7. The SMILES string of the molecule is COc1ccc(-c2cc(N3C[C@H](CS(C)(=O)=O)[C@H]3C)cc(-n3ncc4c(C)nc(-c5cnccc5OC)cc43)n2)cc1. The second-order valence-corrected chi connectivity index (χ2v) is 12.9. The van der Waals surface area contributed by atoms with E-state index < -0.39 is 9.84 Å². The highest BCUT2D eigenvalue weighted by molar-refractivity contribution is 7.90. The quantitative estimate of drug-likeness (QED) is 0.255. The summed E-state index contributed by atoms with van der Waals surface area (Å²) >= 11 is 0. The summed E-state index contributed by atoms with van der Waals surface area (Å²) in [6.45, 7) is 4.67. The third-order valence-electron chi connectivity index (χ3n) is 7.89. The van der Waals surface area contributed by atoms with Crippen LogP contribution in [0, 0.1) is 12.8 Å². The molecule has 6 rings (SSSR count). The zero-order chi connectivity index (χ0) is 29.6. The van der Waals surface area contributed by atoms with Crippen LogP contribution >= 0.6 is 0 Å². The van der Waals surface area contributed by atoms with Crippen molar-refractivity contribution in [2.24, 2.45) is 5.92 Å². The molecule has 42 heavy (non-hydrogen) atoms. The van der Waals surface area contributed by atoms with Gasteiger partial charge in [-0.3, -0.25) is 9.97 Å². The van der Waals surface area contributed by atoms with Gasteiger partial charge in [0.2, 0.25) is 0 Å². The van der Waals surface area contributed by atoms with Gasteiger partial charge in [-0.25, -0.2) is 18.1 Å². The fourth-order valence-electron chi connectivity index (χ4n) is 5.55. The van der Waals surface area contributed by atoms with Crippen LogP contribution in [0.15, 0.2) is 67.1 Å². The van der Waals surface area contributed by atoms with Gasteiger partial charge < -0.3 is 14.4 Å². The summed E-state index contributed by atoms with van der Waals surface area (Å²) in [4.78, 5) is 16.4. The molecule has 0 spiro atoms. The Bertz CT molecular complexity index is 1890. The number of nitrogens with zero attached hydrogens (tertiary/aromatic N) is 6. The second kappa shape index (κ2) is 10.7. The predicted molar refractivity (Wildman–Crippen MR) is 163 cm³/mol. The Morgan fingerprint density at radius 3 is 2.45 bits per heavy atom. The molecule has 0 amide bonds. The van der Waals surface area contributed by atoms with Crippen molar-refractivity contribution in [2.75, 3.05) is 37.7 Å². The summed E-state index contributed by atoms with van der Waals surface area (Å²) < 4.78 is 36.7. The number of anilines is 1. The van der Waals surface area contributed by atoms with Crippen molar-refractivity contribution in [1.29, 1.82) is 0 Å². The minimum absolute atomic E-state index is 0.0594. The minimum Gasteiger partial charge on any atom is -0.497 e. The van der Waals surface area contributed by atoms with E-state index >= 15 is 0 Å². The summed E-state index contributed by atoms with van der Waals surface area (Å²) in [7, 11) is 0.196. The van der Waals surface area contributed by atoms with E-state index in [1.165, 1.54) is 6.26 Å². The number of benzene rings is 1. The van der Waals surface area contributed by atoms with Crippen molar-refractivity contribution in [3.63, 3.8) is 0 Å². The molecule has 0 saturated carbocycles. The number of rotatable bonds is 8. The molecule has 10 nitrogen and oxygen atoms in total. The smallest absolute Gasteiger partial charge is 0.156 e. The third-order valence-corrected chi connectivity index (χ3v) is 8.92. The highest BCUT2D eigenvalue weighted by atomic mass is 32.2. The van der Waals surface area contributed by atoms with Crippen LogP contribution in [-0.4, -0.2) is 72.0 Å². The van der Waals surface area contributed by atoms with Crippen LogP contribution in [0.2, 0.25) is 0 Å². The van der Waals surface area contributed by atoms with E-state index in [-0.39, 0.29) is 17.7 Å². The molecule has 11 heteroatoms. The summed E-state index contributed by atoms with van der Waals surface area (Å²) in [5.74, 6) is 2.32. The lowest BCUT2D eigenvalue weighted by atomic mass is 9.91. The lowest BCUT2D eigenvalue weighted by Gasteiger charge is -2.48. The molecule has 1 aliphatic heterocycles. The average Bonchev–Trinajstić information content (AvgIpc) is 3.43. The van der Waals surface area contributed by atoms with E-state index in [9.17, 15) is 8.42 Å². The van der Waals surface area contributed by atoms with Crippen molar-refractivity contribution < 1.29 is 17.9 Å². The lowest BCUT2D eigenvalue weighted by Crippen LogP contribution is -2.57. The van der Waals surface area contributed by atoms with Crippen molar-refractivity contribution in [2.45, 2.75) is 19.9 Å². The fourth-order valence-corrected chi connectivity index (χ4v) is 6.71. The van der Waals surface area contributed by atoms with E-state index in [0.29, 0.717) is 18.1 Å². The van der Waals surface area contributed by atoms with Crippen molar-refractivity contribution in [1.82, 2.24) is 24.7 Å². The Morgan fingerprint density at radius 2 is 1.76 bits per heavy atom. The van der Waals surface area contributed by atoms with Crippen molar-refractivity contribution in [3.8, 4) is 39.8 Å². The maximum Gasteiger partial charge on any atom is 0.156 e. The molecule has 216 valence electrons. The maximum atomic E-state index is 12.0. The van der Waals surface area contributed by atoms with Gasteiger partial charge in [-0.05, 0) is 56.3 Å². The van der Waals surface area contributed by atoms with Crippen LogP contribution in [0.1, 0.15) is 12.6 Å². The summed E-state index contributed by atoms with van der Waals surface area (Å²) in [5.41, 5.74) is 5.82. The van der Waals surface area contributed by atoms with Crippen molar-refractivity contribution in [3.05, 3.63) is 72.8 Å². The Balaban J connectivity index is 1.48. The van der Waals surface area contributed by atoms with Gasteiger partial charge in [0.05, 0.1) is 48.6 Å².